The van der Waals surface area contributed by atoms with Crippen molar-refractivity contribution in [3.63, 3.8) is 0 Å². The molecule has 138 valence electrons. The summed E-state index contributed by atoms with van der Waals surface area (Å²) in [6.45, 7) is 1.48. The van der Waals surface area contributed by atoms with Crippen LogP contribution in [-0.4, -0.2) is 47.3 Å². The monoisotopic (exact) mass is 413 g/mol. The van der Waals surface area contributed by atoms with Crippen LogP contribution in [0.4, 0.5) is 0 Å². The first-order valence-corrected chi connectivity index (χ1v) is 9.65. The zero-order valence-electron chi connectivity index (χ0n) is 13.6. The lowest BCUT2D eigenvalue weighted by molar-refractivity contribution is 0.271. The van der Waals surface area contributed by atoms with Gasteiger partial charge in [-0.05, 0) is 17.7 Å². The lowest BCUT2D eigenvalue weighted by Gasteiger charge is -2.35. The van der Waals surface area contributed by atoms with Crippen molar-refractivity contribution in [2.24, 2.45) is 0 Å². The Morgan fingerprint density at radius 2 is 2.12 bits per heavy atom. The van der Waals surface area contributed by atoms with E-state index in [0.717, 1.165) is 5.56 Å². The van der Waals surface area contributed by atoms with Crippen LogP contribution in [0.3, 0.4) is 0 Å². The Labute approximate surface area is 162 Å². The Kier molecular flexibility index (Phi) is 5.50. The summed E-state index contributed by atoms with van der Waals surface area (Å²) in [5.41, 5.74) is 1.31. The van der Waals surface area contributed by atoms with Crippen LogP contribution in [0.15, 0.2) is 47.9 Å². The van der Waals surface area contributed by atoms with Crippen molar-refractivity contribution in [3.8, 4) is 0 Å². The predicted octanol–water partition coefficient (Wildman–Crippen LogP) is 2.37. The molecule has 0 spiro atoms. The second kappa shape index (κ2) is 7.50. The molecule has 7 nitrogen and oxygen atoms in total. The number of hydrogen-bond acceptors (Lipinski definition) is 5. The van der Waals surface area contributed by atoms with Gasteiger partial charge in [-0.25, -0.2) is 13.4 Å². The Morgan fingerprint density at radius 3 is 2.88 bits per heavy atom. The Bertz CT molecular complexity index is 1010. The Morgan fingerprint density at radius 1 is 1.27 bits per heavy atom. The van der Waals surface area contributed by atoms with Crippen LogP contribution in [0.5, 0.6) is 0 Å². The quantitative estimate of drug-likeness (QED) is 0.687. The number of pyridine rings is 2. The van der Waals surface area contributed by atoms with Crippen LogP contribution in [0, 0.1) is 0 Å². The number of rotatable bonds is 3. The molecular formula is C16H17Cl2N5O2S. The van der Waals surface area contributed by atoms with Crippen LogP contribution in [-0.2, 0) is 10.0 Å². The van der Waals surface area contributed by atoms with E-state index in [9.17, 15) is 8.42 Å². The third-order valence-corrected chi connectivity index (χ3v) is 6.58. The molecule has 1 saturated heterocycles. The van der Waals surface area contributed by atoms with Crippen LogP contribution in [0.25, 0.3) is 11.0 Å². The van der Waals surface area contributed by atoms with Crippen LogP contribution < -0.4 is 5.32 Å². The molecule has 0 saturated carbocycles. The van der Waals surface area contributed by atoms with Crippen LogP contribution in [0.1, 0.15) is 11.6 Å². The summed E-state index contributed by atoms with van der Waals surface area (Å²) < 4.78 is 28.2. The molecule has 0 amide bonds. The van der Waals surface area contributed by atoms with Gasteiger partial charge in [-0.15, -0.1) is 12.4 Å². The molecule has 4 rings (SSSR count). The smallest absolute Gasteiger partial charge is 0.245 e. The van der Waals surface area contributed by atoms with Crippen molar-refractivity contribution in [1.82, 2.24) is 24.6 Å². The molecule has 1 aliphatic rings. The lowest BCUT2D eigenvalue weighted by atomic mass is 10.1. The van der Waals surface area contributed by atoms with Crippen molar-refractivity contribution in [2.75, 3.05) is 19.6 Å². The second-order valence-corrected chi connectivity index (χ2v) is 8.06. The molecule has 1 atom stereocenters. The number of aromatic nitrogens is 3. The van der Waals surface area contributed by atoms with Gasteiger partial charge < -0.3 is 10.3 Å². The van der Waals surface area contributed by atoms with Gasteiger partial charge in [0.1, 0.15) is 10.5 Å². The fourth-order valence-corrected chi connectivity index (χ4v) is 5.24. The third-order valence-electron chi connectivity index (χ3n) is 4.34. The molecule has 3 aromatic rings. The molecule has 0 radical (unpaired) electrons. The minimum atomic E-state index is -3.76. The molecule has 2 N–H and O–H groups in total. The minimum absolute atomic E-state index is 0. The summed E-state index contributed by atoms with van der Waals surface area (Å²) in [7, 11) is -3.76. The maximum atomic E-state index is 13.4. The molecular weight excluding hydrogens is 397 g/mol. The Balaban J connectivity index is 0.00000196. The van der Waals surface area contributed by atoms with Crippen molar-refractivity contribution < 1.29 is 8.42 Å². The molecule has 3 aromatic heterocycles. The van der Waals surface area contributed by atoms with Gasteiger partial charge >= 0.3 is 0 Å². The standard InChI is InChI=1S/C16H16ClN5O2S.ClH/c17-12-3-5-20-16-15(12)14(10-21-16)25(23,24)22-7-6-19-9-13(22)11-2-1-4-18-8-11;/h1-5,8,10,13,19H,6-7,9H2,(H,20,21);1H. The molecule has 10 heteroatoms. The largest absolute Gasteiger partial charge is 0.345 e. The summed E-state index contributed by atoms with van der Waals surface area (Å²) in [5, 5.41) is 4.03. The van der Waals surface area contributed by atoms with E-state index < -0.39 is 10.0 Å². The fourth-order valence-electron chi connectivity index (χ4n) is 3.15. The van der Waals surface area contributed by atoms with Crippen molar-refractivity contribution in [2.45, 2.75) is 10.9 Å². The third kappa shape index (κ3) is 3.19. The number of hydrogen-bond donors (Lipinski definition) is 2. The average Bonchev–Trinajstić information content (AvgIpc) is 3.09. The lowest BCUT2D eigenvalue weighted by Crippen LogP contribution is -2.48. The number of nitrogens with zero attached hydrogens (tertiary/aromatic N) is 3. The highest BCUT2D eigenvalue weighted by molar-refractivity contribution is 7.89. The summed E-state index contributed by atoms with van der Waals surface area (Å²) in [6, 6.07) is 4.96. The molecule has 1 aliphatic heterocycles. The van der Waals surface area contributed by atoms with Crippen molar-refractivity contribution >= 4 is 45.1 Å². The van der Waals surface area contributed by atoms with Gasteiger partial charge in [0.2, 0.25) is 10.0 Å². The SMILES string of the molecule is Cl.O=S(=O)(c1c[nH]c2nccc(Cl)c12)N1CCNCC1c1cccnc1. The van der Waals surface area contributed by atoms with Gasteiger partial charge in [0.15, 0.2) is 0 Å². The zero-order chi connectivity index (χ0) is 17.4. The molecule has 0 bridgehead atoms. The first-order valence-electron chi connectivity index (χ1n) is 7.83. The highest BCUT2D eigenvalue weighted by Crippen LogP contribution is 2.34. The maximum absolute atomic E-state index is 13.4. The van der Waals surface area contributed by atoms with Gasteiger partial charge in [0.05, 0.1) is 16.5 Å². The van der Waals surface area contributed by atoms with Gasteiger partial charge in [-0.2, -0.15) is 4.31 Å². The molecule has 26 heavy (non-hydrogen) atoms. The maximum Gasteiger partial charge on any atom is 0.245 e. The Hall–Kier alpha value is -1.71. The van der Waals surface area contributed by atoms with E-state index in [4.69, 9.17) is 11.6 Å². The zero-order valence-corrected chi connectivity index (χ0v) is 16.0. The van der Waals surface area contributed by atoms with Crippen LogP contribution in [0.2, 0.25) is 5.02 Å². The number of H-pyrrole nitrogens is 1. The molecule has 1 fully saturated rings. The second-order valence-electron chi connectivity index (χ2n) is 5.79. The van der Waals surface area contributed by atoms with E-state index in [1.165, 1.54) is 10.5 Å². The van der Waals surface area contributed by atoms with Gasteiger partial charge in [0.25, 0.3) is 0 Å². The van der Waals surface area contributed by atoms with E-state index in [1.54, 1.807) is 30.7 Å². The molecule has 1 unspecified atom stereocenters. The summed E-state index contributed by atoms with van der Waals surface area (Å²) in [5.74, 6) is 0. The number of sulfonamides is 1. The van der Waals surface area contributed by atoms with E-state index in [0.29, 0.717) is 35.7 Å². The van der Waals surface area contributed by atoms with Crippen molar-refractivity contribution in [3.05, 3.63) is 53.6 Å². The molecule has 0 aliphatic carbocycles. The van der Waals surface area contributed by atoms with E-state index in [2.05, 4.69) is 20.3 Å². The molecule has 4 heterocycles. The van der Waals surface area contributed by atoms with Gasteiger partial charge in [-0.1, -0.05) is 17.7 Å². The van der Waals surface area contributed by atoms with Gasteiger partial charge in [-0.3, -0.25) is 4.98 Å². The van der Waals surface area contributed by atoms with E-state index in [1.807, 2.05) is 6.07 Å². The molecule has 0 aromatic carbocycles. The number of fused-ring (bicyclic) bond motifs is 1. The topological polar surface area (TPSA) is 91.0 Å². The number of aromatic amines is 1. The van der Waals surface area contributed by atoms with Crippen molar-refractivity contribution in [1.29, 1.82) is 0 Å². The van der Waals surface area contributed by atoms with Crippen LogP contribution >= 0.6 is 24.0 Å². The number of halogens is 2. The summed E-state index contributed by atoms with van der Waals surface area (Å²) in [4.78, 5) is 11.3. The minimum Gasteiger partial charge on any atom is -0.345 e. The first kappa shape index (κ1) is 19.1. The normalized spacial score (nSPS) is 18.6. The average molecular weight is 414 g/mol. The van der Waals surface area contributed by atoms with E-state index in [-0.39, 0.29) is 23.3 Å². The summed E-state index contributed by atoms with van der Waals surface area (Å²) in [6.07, 6.45) is 6.37. The number of piperazine rings is 1. The fraction of sp³-hybridized carbons (Fsp3) is 0.250. The summed E-state index contributed by atoms with van der Waals surface area (Å²) >= 11 is 6.24. The first-order chi connectivity index (χ1) is 12.1. The van der Waals surface area contributed by atoms with Gasteiger partial charge in [0, 0.05) is 44.4 Å². The highest BCUT2D eigenvalue weighted by atomic mass is 35.5. The number of nitrogens with one attached hydrogen (secondary N) is 2. The predicted molar refractivity (Wildman–Crippen MR) is 102 cm³/mol. The highest BCUT2D eigenvalue weighted by Gasteiger charge is 2.36. The van der Waals surface area contributed by atoms with E-state index >= 15 is 0 Å².